The highest BCUT2D eigenvalue weighted by Crippen LogP contribution is 2.04. The normalized spacial score (nSPS) is 17.8. The summed E-state index contributed by atoms with van der Waals surface area (Å²) in [7, 11) is 1.73. The highest BCUT2D eigenvalue weighted by atomic mass is 16.5. The van der Waals surface area contributed by atoms with Gasteiger partial charge in [0.15, 0.2) is 0 Å². The molecule has 1 aliphatic heterocycles. The van der Waals surface area contributed by atoms with Gasteiger partial charge in [0.25, 0.3) is 0 Å². The molecule has 0 atom stereocenters. The van der Waals surface area contributed by atoms with Gasteiger partial charge in [-0.15, -0.1) is 0 Å². The molecular formula is C13H27N3O2. The van der Waals surface area contributed by atoms with Crippen LogP contribution in [0.2, 0.25) is 0 Å². The number of hydrogen-bond acceptors (Lipinski definition) is 4. The van der Waals surface area contributed by atoms with Crippen LogP contribution in [0.15, 0.2) is 0 Å². The molecule has 0 bridgehead atoms. The lowest BCUT2D eigenvalue weighted by Gasteiger charge is -2.21. The molecule has 0 aliphatic carbocycles. The van der Waals surface area contributed by atoms with E-state index in [1.165, 1.54) is 0 Å². The Kier molecular flexibility index (Phi) is 7.96. The maximum atomic E-state index is 12.0. The summed E-state index contributed by atoms with van der Waals surface area (Å²) in [6.45, 7) is 9.31. The lowest BCUT2D eigenvalue weighted by Crippen LogP contribution is -2.37. The van der Waals surface area contributed by atoms with Crippen molar-refractivity contribution in [2.45, 2.75) is 19.8 Å². The first-order chi connectivity index (χ1) is 8.77. The Bertz CT molecular complexity index is 236. The van der Waals surface area contributed by atoms with E-state index in [1.54, 1.807) is 7.11 Å². The summed E-state index contributed by atoms with van der Waals surface area (Å²) < 4.78 is 5.09. The molecule has 5 heteroatoms. The lowest BCUT2D eigenvalue weighted by atomic mass is 10.3. The van der Waals surface area contributed by atoms with Crippen molar-refractivity contribution in [3.8, 4) is 0 Å². The zero-order chi connectivity index (χ0) is 13.2. The zero-order valence-corrected chi connectivity index (χ0v) is 11.8. The van der Waals surface area contributed by atoms with Gasteiger partial charge < -0.3 is 15.0 Å². The Morgan fingerprint density at radius 3 is 2.83 bits per heavy atom. The topological polar surface area (TPSA) is 44.8 Å². The molecule has 0 aromatic heterocycles. The molecule has 0 spiro atoms. The van der Waals surface area contributed by atoms with Crippen LogP contribution in [0.1, 0.15) is 19.8 Å². The largest absolute Gasteiger partial charge is 0.383 e. The van der Waals surface area contributed by atoms with Crippen molar-refractivity contribution in [2.75, 3.05) is 59.5 Å². The lowest BCUT2D eigenvalue weighted by molar-refractivity contribution is -0.130. The number of carbonyl (C=O) groups excluding carboxylic acids is 1. The second-order valence-electron chi connectivity index (χ2n) is 4.67. The van der Waals surface area contributed by atoms with E-state index in [2.05, 4.69) is 17.1 Å². The first-order valence-electron chi connectivity index (χ1n) is 6.97. The summed E-state index contributed by atoms with van der Waals surface area (Å²) in [5.74, 6) is 0.282. The predicted octanol–water partition coefficient (Wildman–Crippen LogP) is 0.167. The van der Waals surface area contributed by atoms with Gasteiger partial charge in [0.1, 0.15) is 0 Å². The van der Waals surface area contributed by atoms with E-state index in [0.717, 1.165) is 58.8 Å². The van der Waals surface area contributed by atoms with Crippen LogP contribution < -0.4 is 5.32 Å². The van der Waals surface area contributed by atoms with Gasteiger partial charge in [-0.05, 0) is 19.5 Å². The molecule has 1 N–H and O–H groups in total. The van der Waals surface area contributed by atoms with Gasteiger partial charge in [-0.1, -0.05) is 6.92 Å². The average molecular weight is 257 g/mol. The average Bonchev–Trinajstić information content (AvgIpc) is 2.62. The van der Waals surface area contributed by atoms with E-state index in [0.29, 0.717) is 6.42 Å². The molecule has 1 rings (SSSR count). The van der Waals surface area contributed by atoms with Gasteiger partial charge in [-0.3, -0.25) is 9.69 Å². The van der Waals surface area contributed by atoms with Crippen molar-refractivity contribution >= 4 is 5.91 Å². The second-order valence-corrected chi connectivity index (χ2v) is 4.67. The maximum Gasteiger partial charge on any atom is 0.223 e. The van der Waals surface area contributed by atoms with Gasteiger partial charge in [-0.2, -0.15) is 0 Å². The Labute approximate surface area is 110 Å². The summed E-state index contributed by atoms with van der Waals surface area (Å²) in [5, 5.41) is 3.20. The molecule has 1 amide bonds. The number of rotatable bonds is 7. The molecule has 1 aliphatic rings. The molecule has 0 saturated carbocycles. The van der Waals surface area contributed by atoms with Crippen LogP contribution in [0.25, 0.3) is 0 Å². The molecule has 0 aromatic rings. The first kappa shape index (κ1) is 15.4. The van der Waals surface area contributed by atoms with Crippen LogP contribution >= 0.6 is 0 Å². The number of ether oxygens (including phenoxy) is 1. The third kappa shape index (κ3) is 5.80. The molecule has 18 heavy (non-hydrogen) atoms. The van der Waals surface area contributed by atoms with E-state index >= 15 is 0 Å². The van der Waals surface area contributed by atoms with E-state index in [-0.39, 0.29) is 5.91 Å². The standard InChI is InChI=1S/C13H27N3O2/c1-3-14-6-5-13(17)16-8-4-7-15(9-10-16)11-12-18-2/h14H,3-12H2,1-2H3. The van der Waals surface area contributed by atoms with Gasteiger partial charge >= 0.3 is 0 Å². The Morgan fingerprint density at radius 1 is 1.28 bits per heavy atom. The molecule has 1 fully saturated rings. The fourth-order valence-corrected chi connectivity index (χ4v) is 2.19. The van der Waals surface area contributed by atoms with Crippen molar-refractivity contribution in [1.29, 1.82) is 0 Å². The summed E-state index contributed by atoms with van der Waals surface area (Å²) in [6, 6.07) is 0. The molecule has 0 aromatic carbocycles. The van der Waals surface area contributed by atoms with Gasteiger partial charge in [-0.25, -0.2) is 0 Å². The highest BCUT2D eigenvalue weighted by molar-refractivity contribution is 5.76. The van der Waals surface area contributed by atoms with Gasteiger partial charge in [0, 0.05) is 46.3 Å². The third-order valence-corrected chi connectivity index (χ3v) is 3.32. The monoisotopic (exact) mass is 257 g/mol. The molecule has 5 nitrogen and oxygen atoms in total. The molecule has 1 heterocycles. The minimum atomic E-state index is 0.282. The van der Waals surface area contributed by atoms with Crippen molar-refractivity contribution < 1.29 is 9.53 Å². The van der Waals surface area contributed by atoms with Crippen LogP contribution in [-0.2, 0) is 9.53 Å². The quantitative estimate of drug-likeness (QED) is 0.660. The number of carbonyl (C=O) groups is 1. The van der Waals surface area contributed by atoms with Crippen molar-refractivity contribution in [3.63, 3.8) is 0 Å². The van der Waals surface area contributed by atoms with E-state index in [1.807, 2.05) is 4.90 Å². The zero-order valence-electron chi connectivity index (χ0n) is 11.8. The summed E-state index contributed by atoms with van der Waals surface area (Å²) in [4.78, 5) is 16.4. The summed E-state index contributed by atoms with van der Waals surface area (Å²) in [6.07, 6.45) is 1.68. The van der Waals surface area contributed by atoms with Crippen LogP contribution in [0.3, 0.4) is 0 Å². The number of hydrogen-bond donors (Lipinski definition) is 1. The molecule has 106 valence electrons. The highest BCUT2D eigenvalue weighted by Gasteiger charge is 2.18. The van der Waals surface area contributed by atoms with E-state index in [4.69, 9.17) is 4.74 Å². The number of methoxy groups -OCH3 is 1. The number of nitrogens with one attached hydrogen (secondary N) is 1. The van der Waals surface area contributed by atoms with Crippen LogP contribution in [0.4, 0.5) is 0 Å². The van der Waals surface area contributed by atoms with Crippen LogP contribution in [0, 0.1) is 0 Å². The molecule has 0 unspecified atom stereocenters. The van der Waals surface area contributed by atoms with E-state index < -0.39 is 0 Å². The Balaban J connectivity index is 2.25. The van der Waals surface area contributed by atoms with Gasteiger partial charge in [0.2, 0.25) is 5.91 Å². The third-order valence-electron chi connectivity index (χ3n) is 3.32. The SMILES string of the molecule is CCNCCC(=O)N1CCCN(CCOC)CC1. The fourth-order valence-electron chi connectivity index (χ4n) is 2.19. The minimum Gasteiger partial charge on any atom is -0.383 e. The first-order valence-corrected chi connectivity index (χ1v) is 6.97. The van der Waals surface area contributed by atoms with Crippen molar-refractivity contribution in [2.24, 2.45) is 0 Å². The maximum absolute atomic E-state index is 12.0. The van der Waals surface area contributed by atoms with Crippen molar-refractivity contribution in [3.05, 3.63) is 0 Å². The van der Waals surface area contributed by atoms with Crippen molar-refractivity contribution in [1.82, 2.24) is 15.1 Å². The minimum absolute atomic E-state index is 0.282. The molecular weight excluding hydrogens is 230 g/mol. The number of nitrogens with zero attached hydrogens (tertiary/aromatic N) is 2. The number of amides is 1. The Morgan fingerprint density at radius 2 is 2.11 bits per heavy atom. The van der Waals surface area contributed by atoms with E-state index in [9.17, 15) is 4.79 Å². The predicted molar refractivity (Wildman–Crippen MR) is 72.7 cm³/mol. The van der Waals surface area contributed by atoms with Crippen LogP contribution in [-0.4, -0.2) is 75.2 Å². The summed E-state index contributed by atoms with van der Waals surface area (Å²) >= 11 is 0. The fraction of sp³-hybridized carbons (Fsp3) is 0.923. The van der Waals surface area contributed by atoms with Gasteiger partial charge in [0.05, 0.1) is 6.61 Å². The Hall–Kier alpha value is -0.650. The van der Waals surface area contributed by atoms with Crippen LogP contribution in [0.5, 0.6) is 0 Å². The smallest absolute Gasteiger partial charge is 0.223 e. The second kappa shape index (κ2) is 9.30. The summed E-state index contributed by atoms with van der Waals surface area (Å²) in [5.41, 5.74) is 0. The molecule has 1 saturated heterocycles. The molecule has 0 radical (unpaired) electrons.